The van der Waals surface area contributed by atoms with Crippen LogP contribution in [0.15, 0.2) is 48.5 Å². The molecule has 2 aromatic carbocycles. The van der Waals surface area contributed by atoms with E-state index >= 15 is 0 Å². The number of carboxylic acid groups (broad SMARTS) is 1. The van der Waals surface area contributed by atoms with Gasteiger partial charge in [-0.3, -0.25) is 0 Å². The topological polar surface area (TPSA) is 70.3 Å². The summed E-state index contributed by atoms with van der Waals surface area (Å²) in [5.41, 5.74) is 2.64. The van der Waals surface area contributed by atoms with E-state index in [0.717, 1.165) is 49.0 Å². The maximum absolute atomic E-state index is 13.5. The Hall–Kier alpha value is -3.22. The molecule has 0 heterocycles. The highest BCUT2D eigenvalue weighted by Crippen LogP contribution is 2.48. The highest BCUT2D eigenvalue weighted by Gasteiger charge is 2.74. The molecule has 0 aliphatic heterocycles. The van der Waals surface area contributed by atoms with Gasteiger partial charge >= 0.3 is 23.7 Å². The minimum Gasteiger partial charge on any atom is -0.494 e. The lowest BCUT2D eigenvalue weighted by Gasteiger charge is -2.30. The highest BCUT2D eigenvalue weighted by atomic mass is 19.3. The van der Waals surface area contributed by atoms with Crippen LogP contribution in [0.1, 0.15) is 69.8 Å². The van der Waals surface area contributed by atoms with Crippen LogP contribution < -0.4 is 4.74 Å². The number of carboxylic acids is 1. The molecule has 0 atom stereocenters. The van der Waals surface area contributed by atoms with Crippen molar-refractivity contribution in [1.82, 2.24) is 0 Å². The first-order valence-electron chi connectivity index (χ1n) is 12.5. The summed E-state index contributed by atoms with van der Waals surface area (Å²) in [5.74, 6) is -19.4. The van der Waals surface area contributed by atoms with E-state index in [4.69, 9.17) is 15.1 Å². The number of halogens is 6. The number of nitriles is 1. The summed E-state index contributed by atoms with van der Waals surface area (Å²) in [6, 6.07) is 17.1. The SMILES string of the molecule is N#Cc1ccc(-c2ccc(OCCCCCCCCCCCC(F)(F)C(F)(F)C(F)(F)C(=O)O)cc2)cc1. The van der Waals surface area contributed by atoms with E-state index in [-0.39, 0.29) is 6.42 Å². The molecule has 0 fully saturated rings. The predicted molar refractivity (Wildman–Crippen MR) is 131 cm³/mol. The highest BCUT2D eigenvalue weighted by molar-refractivity contribution is 5.77. The monoisotopic (exact) mass is 543 g/mol. The zero-order chi connectivity index (χ0) is 28.2. The number of benzene rings is 2. The smallest absolute Gasteiger partial charge is 0.410 e. The van der Waals surface area contributed by atoms with Gasteiger partial charge in [-0.05, 0) is 48.2 Å². The lowest BCUT2D eigenvalue weighted by Crippen LogP contribution is -2.57. The van der Waals surface area contributed by atoms with E-state index in [1.807, 2.05) is 36.4 Å². The van der Waals surface area contributed by atoms with E-state index in [9.17, 15) is 31.1 Å². The van der Waals surface area contributed by atoms with Gasteiger partial charge in [0.05, 0.1) is 18.2 Å². The van der Waals surface area contributed by atoms with Crippen LogP contribution >= 0.6 is 0 Å². The van der Waals surface area contributed by atoms with Gasteiger partial charge in [0.15, 0.2) is 0 Å². The summed E-state index contributed by atoms with van der Waals surface area (Å²) in [6.07, 6.45) is 3.99. The first-order chi connectivity index (χ1) is 17.9. The summed E-state index contributed by atoms with van der Waals surface area (Å²) in [7, 11) is 0. The molecule has 2 aromatic rings. The fourth-order valence-electron chi connectivity index (χ4n) is 3.88. The Kier molecular flexibility index (Phi) is 11.5. The van der Waals surface area contributed by atoms with E-state index in [0.29, 0.717) is 25.0 Å². The van der Waals surface area contributed by atoms with E-state index in [1.54, 1.807) is 12.1 Å². The van der Waals surface area contributed by atoms with Crippen molar-refractivity contribution >= 4 is 5.97 Å². The van der Waals surface area contributed by atoms with Gasteiger partial charge in [-0.2, -0.15) is 31.6 Å². The van der Waals surface area contributed by atoms with Gasteiger partial charge in [0.2, 0.25) is 0 Å². The Labute approximate surface area is 218 Å². The first-order valence-corrected chi connectivity index (χ1v) is 12.5. The molecule has 0 aliphatic carbocycles. The van der Waals surface area contributed by atoms with Crippen molar-refractivity contribution in [2.24, 2.45) is 0 Å². The van der Waals surface area contributed by atoms with E-state index in [2.05, 4.69) is 6.07 Å². The number of ether oxygens (including phenoxy) is 1. The minimum atomic E-state index is -5.95. The molecule has 4 nitrogen and oxygen atoms in total. The first kappa shape index (κ1) is 31.0. The predicted octanol–water partition coefficient (Wildman–Crippen LogP) is 8.50. The Morgan fingerprint density at radius 1 is 0.737 bits per heavy atom. The Bertz CT molecular complexity index is 1050. The van der Waals surface area contributed by atoms with Crippen LogP contribution in [0.2, 0.25) is 0 Å². The number of aliphatic carboxylic acids is 1. The molecule has 0 radical (unpaired) electrons. The molecule has 208 valence electrons. The van der Waals surface area contributed by atoms with Gasteiger partial charge in [-0.15, -0.1) is 0 Å². The number of rotatable bonds is 17. The quantitative estimate of drug-likeness (QED) is 0.160. The van der Waals surface area contributed by atoms with Crippen molar-refractivity contribution in [3.8, 4) is 22.9 Å². The molecule has 1 N–H and O–H groups in total. The maximum atomic E-state index is 13.5. The summed E-state index contributed by atoms with van der Waals surface area (Å²) in [5, 5.41) is 17.0. The van der Waals surface area contributed by atoms with Crippen LogP contribution in [0.3, 0.4) is 0 Å². The number of nitrogens with zero attached hydrogens (tertiary/aromatic N) is 1. The van der Waals surface area contributed by atoms with Crippen LogP contribution in [0.25, 0.3) is 11.1 Å². The number of alkyl halides is 6. The molecule has 0 saturated carbocycles. The Morgan fingerprint density at radius 2 is 1.18 bits per heavy atom. The van der Waals surface area contributed by atoms with Gasteiger partial charge in [-0.25, -0.2) is 4.79 Å². The third-order valence-corrected chi connectivity index (χ3v) is 6.23. The second-order valence-corrected chi connectivity index (χ2v) is 9.15. The molecule has 0 unspecified atom stereocenters. The van der Waals surface area contributed by atoms with Crippen molar-refractivity contribution in [2.75, 3.05) is 6.61 Å². The summed E-state index contributed by atoms with van der Waals surface area (Å²) in [6.45, 7) is 0.565. The van der Waals surface area contributed by atoms with Crippen molar-refractivity contribution < 1.29 is 41.0 Å². The van der Waals surface area contributed by atoms with Crippen LogP contribution in [-0.4, -0.2) is 35.5 Å². The molecule has 0 saturated heterocycles. The minimum absolute atomic E-state index is 0.169. The standard InChI is InChI=1S/C28H31F6NO3/c29-26(30,28(33,34)27(31,32)25(36)37)18-8-6-4-2-1-3-5-7-9-19-38-24-16-14-23(15-17-24)22-12-10-21(20-35)11-13-22/h10-17H,1-9,18-19H2,(H,36,37). The van der Waals surface area contributed by atoms with Gasteiger partial charge in [0.25, 0.3) is 0 Å². The third-order valence-electron chi connectivity index (χ3n) is 6.23. The van der Waals surface area contributed by atoms with Crippen molar-refractivity contribution in [2.45, 2.75) is 82.0 Å². The van der Waals surface area contributed by atoms with Crippen LogP contribution in [0.4, 0.5) is 26.3 Å². The summed E-state index contributed by atoms with van der Waals surface area (Å²) in [4.78, 5) is 10.2. The van der Waals surface area contributed by atoms with Gasteiger partial charge in [-0.1, -0.05) is 69.2 Å². The van der Waals surface area contributed by atoms with E-state index < -0.39 is 36.6 Å². The van der Waals surface area contributed by atoms with Crippen LogP contribution in [-0.2, 0) is 4.79 Å². The molecule has 0 bridgehead atoms. The van der Waals surface area contributed by atoms with Gasteiger partial charge < -0.3 is 9.84 Å². The average molecular weight is 544 g/mol. The zero-order valence-corrected chi connectivity index (χ0v) is 20.9. The fraction of sp³-hybridized carbons (Fsp3) is 0.500. The normalized spacial score (nSPS) is 12.2. The molecule has 10 heteroatoms. The molecule has 2 rings (SSSR count). The second kappa shape index (κ2) is 14.1. The molecular weight excluding hydrogens is 512 g/mol. The van der Waals surface area contributed by atoms with Crippen molar-refractivity contribution in [3.05, 3.63) is 54.1 Å². The van der Waals surface area contributed by atoms with Gasteiger partial charge in [0, 0.05) is 6.42 Å². The molecule has 0 spiro atoms. The molecule has 0 aromatic heterocycles. The number of unbranched alkanes of at least 4 members (excludes halogenated alkanes) is 8. The van der Waals surface area contributed by atoms with Crippen LogP contribution in [0, 0.1) is 11.3 Å². The van der Waals surface area contributed by atoms with E-state index in [1.165, 1.54) is 0 Å². The maximum Gasteiger partial charge on any atom is 0.410 e. The third kappa shape index (κ3) is 8.40. The van der Waals surface area contributed by atoms with Crippen molar-refractivity contribution in [1.29, 1.82) is 5.26 Å². The Morgan fingerprint density at radius 3 is 1.66 bits per heavy atom. The number of hydrogen-bond donors (Lipinski definition) is 1. The van der Waals surface area contributed by atoms with Crippen LogP contribution in [0.5, 0.6) is 5.75 Å². The summed E-state index contributed by atoms with van der Waals surface area (Å²) < 4.78 is 85.5. The fourth-order valence-corrected chi connectivity index (χ4v) is 3.88. The Balaban J connectivity index is 1.52. The summed E-state index contributed by atoms with van der Waals surface area (Å²) >= 11 is 0. The molecule has 0 aliphatic rings. The average Bonchev–Trinajstić information content (AvgIpc) is 2.89. The number of carbonyl (C=O) groups is 1. The zero-order valence-electron chi connectivity index (χ0n) is 20.9. The number of hydrogen-bond acceptors (Lipinski definition) is 3. The molecule has 0 amide bonds. The lowest BCUT2D eigenvalue weighted by molar-refractivity contribution is -0.305. The van der Waals surface area contributed by atoms with Gasteiger partial charge in [0.1, 0.15) is 5.75 Å². The lowest BCUT2D eigenvalue weighted by atomic mass is 9.98. The molecular formula is C28H31F6NO3. The van der Waals surface area contributed by atoms with Crippen molar-refractivity contribution in [3.63, 3.8) is 0 Å². The second-order valence-electron chi connectivity index (χ2n) is 9.15. The largest absolute Gasteiger partial charge is 0.494 e. The molecule has 38 heavy (non-hydrogen) atoms.